The Morgan fingerprint density at radius 2 is 2.11 bits per heavy atom. The second-order valence-electron chi connectivity index (χ2n) is 4.76. The van der Waals surface area contributed by atoms with Crippen molar-refractivity contribution < 1.29 is 4.79 Å². The highest BCUT2D eigenvalue weighted by molar-refractivity contribution is 5.92. The van der Waals surface area contributed by atoms with Gasteiger partial charge in [0.15, 0.2) is 0 Å². The lowest BCUT2D eigenvalue weighted by Gasteiger charge is -2.17. The summed E-state index contributed by atoms with van der Waals surface area (Å²) in [4.78, 5) is 13.8. The van der Waals surface area contributed by atoms with Gasteiger partial charge in [0, 0.05) is 31.9 Å². The van der Waals surface area contributed by atoms with E-state index >= 15 is 0 Å². The number of amides is 1. The summed E-state index contributed by atoms with van der Waals surface area (Å²) in [5, 5.41) is 4.27. The van der Waals surface area contributed by atoms with Crippen LogP contribution in [0.15, 0.2) is 36.5 Å². The predicted octanol–water partition coefficient (Wildman–Crippen LogP) is 2.55. The van der Waals surface area contributed by atoms with Crippen molar-refractivity contribution in [1.29, 1.82) is 0 Å². The third-order valence-corrected chi connectivity index (χ3v) is 3.09. The van der Waals surface area contributed by atoms with Gasteiger partial charge in [-0.1, -0.05) is 12.1 Å². The van der Waals surface area contributed by atoms with Crippen LogP contribution in [0.2, 0.25) is 0 Å². The maximum absolute atomic E-state index is 12.1. The van der Waals surface area contributed by atoms with Crippen LogP contribution in [0.25, 0.3) is 0 Å². The lowest BCUT2D eigenvalue weighted by molar-refractivity contribution is -0.118. The van der Waals surface area contributed by atoms with Crippen molar-refractivity contribution in [1.82, 2.24) is 9.78 Å². The van der Waals surface area contributed by atoms with Crippen molar-refractivity contribution >= 4 is 11.6 Å². The van der Waals surface area contributed by atoms with Crippen molar-refractivity contribution in [2.45, 2.75) is 26.8 Å². The van der Waals surface area contributed by atoms with Crippen LogP contribution >= 0.6 is 0 Å². The number of anilines is 1. The normalized spacial score (nSPS) is 10.5. The van der Waals surface area contributed by atoms with E-state index in [0.717, 1.165) is 16.9 Å². The number of hydrogen-bond acceptors (Lipinski definition) is 2. The topological polar surface area (TPSA) is 38.1 Å². The molecule has 0 N–H and O–H groups in total. The fourth-order valence-corrected chi connectivity index (χ4v) is 1.95. The molecule has 0 bridgehead atoms. The molecular weight excluding hydrogens is 238 g/mol. The highest BCUT2D eigenvalue weighted by Gasteiger charge is 2.11. The van der Waals surface area contributed by atoms with E-state index in [-0.39, 0.29) is 5.91 Å². The lowest BCUT2D eigenvalue weighted by Crippen LogP contribution is -2.27. The summed E-state index contributed by atoms with van der Waals surface area (Å²) in [6.07, 6.45) is 2.35. The van der Waals surface area contributed by atoms with Crippen LogP contribution < -0.4 is 4.90 Å². The van der Waals surface area contributed by atoms with Gasteiger partial charge in [0.25, 0.3) is 0 Å². The van der Waals surface area contributed by atoms with Gasteiger partial charge in [-0.15, -0.1) is 0 Å². The molecule has 0 aliphatic carbocycles. The molecule has 1 aromatic carbocycles. The molecule has 1 amide bonds. The Labute approximate surface area is 113 Å². The summed E-state index contributed by atoms with van der Waals surface area (Å²) in [7, 11) is 1.81. The Morgan fingerprint density at radius 3 is 2.74 bits per heavy atom. The Hall–Kier alpha value is -2.10. The fourth-order valence-electron chi connectivity index (χ4n) is 1.95. The zero-order chi connectivity index (χ0) is 13.8. The number of benzene rings is 1. The van der Waals surface area contributed by atoms with E-state index < -0.39 is 0 Å². The van der Waals surface area contributed by atoms with Crippen LogP contribution in [0.4, 0.5) is 5.69 Å². The van der Waals surface area contributed by atoms with Gasteiger partial charge >= 0.3 is 0 Å². The molecule has 0 aliphatic heterocycles. The third kappa shape index (κ3) is 3.44. The predicted molar refractivity (Wildman–Crippen MR) is 76.2 cm³/mol. The zero-order valence-electron chi connectivity index (χ0n) is 11.6. The van der Waals surface area contributed by atoms with Crippen molar-refractivity contribution in [2.24, 2.45) is 0 Å². The van der Waals surface area contributed by atoms with Crippen molar-refractivity contribution in [3.63, 3.8) is 0 Å². The van der Waals surface area contributed by atoms with Gasteiger partial charge in [-0.2, -0.15) is 5.10 Å². The minimum Gasteiger partial charge on any atom is -0.315 e. The summed E-state index contributed by atoms with van der Waals surface area (Å²) in [5.74, 6) is 0.0961. The molecule has 0 saturated carbocycles. The van der Waals surface area contributed by atoms with Crippen molar-refractivity contribution in [3.8, 4) is 0 Å². The highest BCUT2D eigenvalue weighted by Crippen LogP contribution is 2.15. The molecule has 2 rings (SSSR count). The average Bonchev–Trinajstić information content (AvgIpc) is 2.81. The highest BCUT2D eigenvalue weighted by atomic mass is 16.2. The quantitative estimate of drug-likeness (QED) is 0.844. The monoisotopic (exact) mass is 257 g/mol. The van der Waals surface area contributed by atoms with Crippen LogP contribution in [0.3, 0.4) is 0 Å². The number of carbonyl (C=O) groups is 1. The van der Waals surface area contributed by atoms with E-state index in [1.165, 1.54) is 0 Å². The number of hydrogen-bond donors (Lipinski definition) is 0. The fraction of sp³-hybridized carbons (Fsp3) is 0.333. The van der Waals surface area contributed by atoms with Crippen LogP contribution in [0.5, 0.6) is 0 Å². The van der Waals surface area contributed by atoms with Gasteiger partial charge in [-0.25, -0.2) is 0 Å². The minimum absolute atomic E-state index is 0.0961. The molecule has 0 spiro atoms. The molecule has 0 radical (unpaired) electrons. The molecular formula is C15H19N3O. The molecule has 2 aromatic rings. The molecule has 0 atom stereocenters. The second kappa shape index (κ2) is 5.69. The minimum atomic E-state index is 0.0961. The molecule has 1 heterocycles. The molecule has 100 valence electrons. The van der Waals surface area contributed by atoms with E-state index in [9.17, 15) is 4.79 Å². The number of aromatic nitrogens is 2. The van der Waals surface area contributed by atoms with Crippen LogP contribution in [-0.2, 0) is 11.3 Å². The number of carbonyl (C=O) groups excluding carboxylic acids is 1. The van der Waals surface area contributed by atoms with Gasteiger partial charge in [-0.05, 0) is 37.6 Å². The first kappa shape index (κ1) is 13.3. The smallest absolute Gasteiger partial charge is 0.228 e. The van der Waals surface area contributed by atoms with Gasteiger partial charge in [-0.3, -0.25) is 9.48 Å². The Balaban J connectivity index is 1.96. The molecule has 0 saturated heterocycles. The summed E-state index contributed by atoms with van der Waals surface area (Å²) < 4.78 is 1.80. The molecule has 19 heavy (non-hydrogen) atoms. The molecule has 0 aliphatic rings. The summed E-state index contributed by atoms with van der Waals surface area (Å²) in [6, 6.07) is 9.88. The number of aryl methyl sites for hydroxylation is 3. The van der Waals surface area contributed by atoms with Gasteiger partial charge in [0.05, 0.1) is 5.69 Å². The Morgan fingerprint density at radius 1 is 1.32 bits per heavy atom. The summed E-state index contributed by atoms with van der Waals surface area (Å²) in [5.41, 5.74) is 3.06. The Kier molecular flexibility index (Phi) is 4.00. The van der Waals surface area contributed by atoms with Crippen LogP contribution in [0.1, 0.15) is 17.7 Å². The SMILES string of the molecule is Cc1cccc(N(C)C(=O)CCn2ccc(C)n2)c1. The third-order valence-electron chi connectivity index (χ3n) is 3.09. The number of nitrogens with zero attached hydrogens (tertiary/aromatic N) is 3. The van der Waals surface area contributed by atoms with E-state index in [1.54, 1.807) is 9.58 Å². The van der Waals surface area contributed by atoms with E-state index in [1.807, 2.05) is 57.4 Å². The van der Waals surface area contributed by atoms with Crippen LogP contribution in [0, 0.1) is 13.8 Å². The average molecular weight is 257 g/mol. The summed E-state index contributed by atoms with van der Waals surface area (Å²) >= 11 is 0. The molecule has 4 nitrogen and oxygen atoms in total. The van der Waals surface area contributed by atoms with E-state index in [0.29, 0.717) is 13.0 Å². The summed E-state index contributed by atoms with van der Waals surface area (Å²) in [6.45, 7) is 4.58. The first-order valence-electron chi connectivity index (χ1n) is 6.39. The zero-order valence-corrected chi connectivity index (χ0v) is 11.6. The van der Waals surface area contributed by atoms with Crippen LogP contribution in [-0.4, -0.2) is 22.7 Å². The lowest BCUT2D eigenvalue weighted by atomic mass is 10.2. The Bertz CT molecular complexity index is 574. The standard InChI is InChI=1S/C15H19N3O/c1-12-5-4-6-14(11-12)17(3)15(19)8-10-18-9-7-13(2)16-18/h4-7,9,11H,8,10H2,1-3H3. The molecule has 4 heteroatoms. The van der Waals surface area contributed by atoms with Crippen molar-refractivity contribution in [2.75, 3.05) is 11.9 Å². The largest absolute Gasteiger partial charge is 0.315 e. The van der Waals surface area contributed by atoms with Gasteiger partial charge in [0.1, 0.15) is 0 Å². The first-order valence-corrected chi connectivity index (χ1v) is 6.39. The van der Waals surface area contributed by atoms with Gasteiger partial charge in [0.2, 0.25) is 5.91 Å². The molecule has 0 unspecified atom stereocenters. The maximum atomic E-state index is 12.1. The van der Waals surface area contributed by atoms with E-state index in [2.05, 4.69) is 5.10 Å². The van der Waals surface area contributed by atoms with Gasteiger partial charge < -0.3 is 4.90 Å². The maximum Gasteiger partial charge on any atom is 0.228 e. The number of rotatable bonds is 4. The molecule has 0 fully saturated rings. The second-order valence-corrected chi connectivity index (χ2v) is 4.76. The molecule has 1 aromatic heterocycles. The van der Waals surface area contributed by atoms with E-state index in [4.69, 9.17) is 0 Å². The van der Waals surface area contributed by atoms with Crippen molar-refractivity contribution in [3.05, 3.63) is 47.8 Å². The first-order chi connectivity index (χ1) is 9.06.